The van der Waals surface area contributed by atoms with Crippen molar-refractivity contribution in [1.82, 2.24) is 0 Å². The lowest BCUT2D eigenvalue weighted by molar-refractivity contribution is -0.161. The minimum Gasteiger partial charge on any atom is -0.462 e. The van der Waals surface area contributed by atoms with Gasteiger partial charge in [0, 0.05) is 30.6 Å². The SMILES string of the molecule is CC(=O)OC1CC[C@H]2[C@@H]3CCC4=CC(=O)CC[C@]4(C)[C@@]3(SC#N)C(=O)C[C@]12C. The van der Waals surface area contributed by atoms with Gasteiger partial charge >= 0.3 is 5.97 Å². The number of carbonyl (C=O) groups is 3. The van der Waals surface area contributed by atoms with Gasteiger partial charge in [0.2, 0.25) is 0 Å². The van der Waals surface area contributed by atoms with Gasteiger partial charge in [-0.05, 0) is 61.8 Å². The third-order valence-corrected chi connectivity index (χ3v) is 9.65. The normalized spacial score (nSPS) is 44.6. The van der Waals surface area contributed by atoms with Gasteiger partial charge in [0.15, 0.2) is 11.6 Å². The van der Waals surface area contributed by atoms with Crippen molar-refractivity contribution in [3.63, 3.8) is 0 Å². The van der Waals surface area contributed by atoms with Gasteiger partial charge in [-0.3, -0.25) is 14.4 Å². The number of esters is 1. The lowest BCUT2D eigenvalue weighted by atomic mass is 9.46. The van der Waals surface area contributed by atoms with Crippen LogP contribution in [0.5, 0.6) is 0 Å². The number of rotatable bonds is 2. The first kappa shape index (κ1) is 19.7. The molecule has 3 fully saturated rings. The summed E-state index contributed by atoms with van der Waals surface area (Å²) in [5, 5.41) is 12.0. The Labute approximate surface area is 170 Å². The third-order valence-electron chi connectivity index (χ3n) is 8.26. The first-order valence-electron chi connectivity index (χ1n) is 10.2. The van der Waals surface area contributed by atoms with Crippen molar-refractivity contribution in [3.05, 3.63) is 11.6 Å². The van der Waals surface area contributed by atoms with Gasteiger partial charge in [0.1, 0.15) is 16.3 Å². The number of thiocyanates is 1. The van der Waals surface area contributed by atoms with Gasteiger partial charge in [-0.25, -0.2) is 0 Å². The van der Waals surface area contributed by atoms with Crippen LogP contribution in [0.2, 0.25) is 0 Å². The summed E-state index contributed by atoms with van der Waals surface area (Å²) in [7, 11) is 0. The van der Waals surface area contributed by atoms with E-state index in [1.54, 1.807) is 6.08 Å². The Morgan fingerprint density at radius 3 is 2.64 bits per heavy atom. The first-order chi connectivity index (χ1) is 13.2. The van der Waals surface area contributed by atoms with Gasteiger partial charge in [-0.2, -0.15) is 5.26 Å². The van der Waals surface area contributed by atoms with Crippen molar-refractivity contribution in [1.29, 1.82) is 5.26 Å². The largest absolute Gasteiger partial charge is 0.462 e. The van der Waals surface area contributed by atoms with Crippen molar-refractivity contribution in [2.75, 3.05) is 0 Å². The highest BCUT2D eigenvalue weighted by molar-refractivity contribution is 8.05. The van der Waals surface area contributed by atoms with Crippen LogP contribution in [0.1, 0.15) is 65.7 Å². The molecule has 28 heavy (non-hydrogen) atoms. The zero-order valence-electron chi connectivity index (χ0n) is 16.7. The van der Waals surface area contributed by atoms with Crippen molar-refractivity contribution < 1.29 is 19.1 Å². The Morgan fingerprint density at radius 1 is 1.21 bits per heavy atom. The molecule has 0 heterocycles. The average molecular weight is 402 g/mol. The van der Waals surface area contributed by atoms with Crippen LogP contribution in [0.25, 0.3) is 0 Å². The molecule has 0 N–H and O–H groups in total. The van der Waals surface area contributed by atoms with E-state index in [0.717, 1.165) is 43.0 Å². The van der Waals surface area contributed by atoms with Crippen molar-refractivity contribution in [2.24, 2.45) is 22.7 Å². The third kappa shape index (κ3) is 2.41. The summed E-state index contributed by atoms with van der Waals surface area (Å²) in [6.07, 6.45) is 6.21. The van der Waals surface area contributed by atoms with Crippen LogP contribution in [0.3, 0.4) is 0 Å². The number of hydrogen-bond donors (Lipinski definition) is 0. The smallest absolute Gasteiger partial charge is 0.302 e. The number of nitrogens with zero attached hydrogens (tertiary/aromatic N) is 1. The number of thioether (sulfide) groups is 1. The minimum atomic E-state index is -0.804. The van der Waals surface area contributed by atoms with Crippen LogP contribution in [-0.4, -0.2) is 28.4 Å². The second kappa shape index (κ2) is 6.45. The predicted molar refractivity (Wildman–Crippen MR) is 105 cm³/mol. The number of carbonyl (C=O) groups excluding carboxylic acids is 3. The Kier molecular flexibility index (Phi) is 4.54. The summed E-state index contributed by atoms with van der Waals surface area (Å²) in [5.41, 5.74) is 0.228. The van der Waals surface area contributed by atoms with Crippen LogP contribution in [0.4, 0.5) is 0 Å². The molecular weight excluding hydrogens is 374 g/mol. The van der Waals surface area contributed by atoms with E-state index >= 15 is 0 Å². The summed E-state index contributed by atoms with van der Waals surface area (Å²) in [6, 6.07) is 0. The molecule has 0 amide bonds. The summed E-state index contributed by atoms with van der Waals surface area (Å²) >= 11 is 1.14. The number of Topliss-reactive ketones (excluding diaryl/α,β-unsaturated/α-hetero) is 1. The van der Waals surface area contributed by atoms with Gasteiger partial charge in [0.05, 0.1) is 0 Å². The molecule has 3 saturated carbocycles. The minimum absolute atomic E-state index is 0.0688. The number of ketones is 2. The fourth-order valence-electron chi connectivity index (χ4n) is 6.98. The second-order valence-electron chi connectivity index (χ2n) is 9.43. The Bertz CT molecular complexity index is 829. The molecule has 0 spiro atoms. The van der Waals surface area contributed by atoms with E-state index in [-0.39, 0.29) is 40.9 Å². The van der Waals surface area contributed by atoms with Crippen molar-refractivity contribution in [3.8, 4) is 5.40 Å². The molecule has 0 bridgehead atoms. The van der Waals surface area contributed by atoms with Crippen molar-refractivity contribution >= 4 is 29.3 Å². The fourth-order valence-corrected chi connectivity index (χ4v) is 8.20. The average Bonchev–Trinajstić information content (AvgIpc) is 2.92. The summed E-state index contributed by atoms with van der Waals surface area (Å²) in [5.74, 6) is 0.246. The van der Waals surface area contributed by atoms with Crippen LogP contribution in [0, 0.1) is 33.3 Å². The molecule has 1 unspecified atom stereocenters. The van der Waals surface area contributed by atoms with Crippen molar-refractivity contribution in [2.45, 2.75) is 76.6 Å². The lowest BCUT2D eigenvalue weighted by Gasteiger charge is -2.62. The van der Waals surface area contributed by atoms with E-state index in [1.807, 2.05) is 0 Å². The zero-order valence-corrected chi connectivity index (χ0v) is 17.6. The van der Waals surface area contributed by atoms with Gasteiger partial charge < -0.3 is 4.74 Å². The van der Waals surface area contributed by atoms with Crippen LogP contribution >= 0.6 is 11.8 Å². The monoisotopic (exact) mass is 401 g/mol. The second-order valence-corrected chi connectivity index (χ2v) is 10.5. The first-order valence-corrected chi connectivity index (χ1v) is 11.0. The molecule has 4 aliphatic carbocycles. The van der Waals surface area contributed by atoms with Gasteiger partial charge in [-0.15, -0.1) is 0 Å². The van der Waals surface area contributed by atoms with Crippen LogP contribution in [0.15, 0.2) is 11.6 Å². The molecule has 0 radical (unpaired) electrons. The Hall–Kier alpha value is -1.61. The highest BCUT2D eigenvalue weighted by Gasteiger charge is 2.71. The molecule has 5 nitrogen and oxygen atoms in total. The molecule has 150 valence electrons. The number of ether oxygens (including phenoxy) is 1. The number of fused-ring (bicyclic) bond motifs is 5. The molecule has 0 aromatic rings. The molecule has 6 heteroatoms. The molecule has 4 rings (SSSR count). The quantitative estimate of drug-likeness (QED) is 0.514. The summed E-state index contributed by atoms with van der Waals surface area (Å²) in [4.78, 5) is 37.5. The topological polar surface area (TPSA) is 84.2 Å². The van der Waals surface area contributed by atoms with E-state index in [9.17, 15) is 19.6 Å². The summed E-state index contributed by atoms with van der Waals surface area (Å²) in [6.45, 7) is 5.62. The number of hydrogen-bond acceptors (Lipinski definition) is 6. The fraction of sp³-hybridized carbons (Fsp3) is 0.727. The maximum Gasteiger partial charge on any atom is 0.302 e. The predicted octanol–water partition coefficient (Wildman–Crippen LogP) is 3.97. The zero-order chi connectivity index (χ0) is 20.3. The van der Waals surface area contributed by atoms with E-state index in [0.29, 0.717) is 19.3 Å². The summed E-state index contributed by atoms with van der Waals surface area (Å²) < 4.78 is 4.83. The molecule has 0 aromatic carbocycles. The number of allylic oxidation sites excluding steroid dienone is 1. The van der Waals surface area contributed by atoms with Gasteiger partial charge in [-0.1, -0.05) is 19.4 Å². The number of nitriles is 1. The van der Waals surface area contributed by atoms with Gasteiger partial charge in [0.25, 0.3) is 0 Å². The molecular formula is C22H27NO4S. The molecule has 4 aliphatic rings. The highest BCUT2D eigenvalue weighted by atomic mass is 32.2. The Balaban J connectivity index is 1.82. The van der Waals surface area contributed by atoms with Crippen LogP contribution < -0.4 is 0 Å². The molecule has 0 saturated heterocycles. The Morgan fingerprint density at radius 2 is 1.96 bits per heavy atom. The molecule has 0 aromatic heterocycles. The van der Waals surface area contributed by atoms with E-state index < -0.39 is 10.2 Å². The molecule has 6 atom stereocenters. The maximum atomic E-state index is 13.8. The van der Waals surface area contributed by atoms with Crippen LogP contribution in [-0.2, 0) is 19.1 Å². The van der Waals surface area contributed by atoms with E-state index in [2.05, 4.69) is 19.2 Å². The highest BCUT2D eigenvalue weighted by Crippen LogP contribution is 2.70. The maximum absolute atomic E-state index is 13.8. The standard InChI is InChI=1S/C22H27NO4S/c1-13(24)27-19-7-6-16-17-5-4-14-10-15(25)8-9-21(14,3)22(17,28-12-23)18(26)11-20(16,19)2/h10,16-17,19H,4-9,11H2,1-3H3/t16-,17-,19?,20-,21-,22-/m0/s1. The molecule has 0 aliphatic heterocycles. The van der Waals surface area contributed by atoms with E-state index in [1.165, 1.54) is 6.92 Å². The van der Waals surface area contributed by atoms with E-state index in [4.69, 9.17) is 4.74 Å². The lowest BCUT2D eigenvalue weighted by Crippen LogP contribution is -2.66.